The molecule has 5 rings (SSSR count). The van der Waals surface area contributed by atoms with Gasteiger partial charge in [-0.15, -0.1) is 0 Å². The van der Waals surface area contributed by atoms with E-state index in [-0.39, 0.29) is 22.2 Å². The number of hydrogen-bond acceptors (Lipinski definition) is 5. The van der Waals surface area contributed by atoms with Crippen LogP contribution < -0.4 is 4.90 Å². The summed E-state index contributed by atoms with van der Waals surface area (Å²) in [5.74, 6) is -2.80. The Bertz CT molecular complexity index is 1490. The lowest BCUT2D eigenvalue weighted by Gasteiger charge is -2.23. The number of carbonyl (C=O) groups is 2. The molecule has 176 valence electrons. The molecule has 3 aromatic carbocycles. The van der Waals surface area contributed by atoms with E-state index in [1.54, 1.807) is 0 Å². The zero-order valence-electron chi connectivity index (χ0n) is 18.8. The first-order valence-corrected chi connectivity index (χ1v) is 11.8. The summed E-state index contributed by atoms with van der Waals surface area (Å²) in [5.41, 5.74) is 2.24. The van der Waals surface area contributed by atoms with Gasteiger partial charge in [0.2, 0.25) is 0 Å². The second-order valence-electron chi connectivity index (χ2n) is 8.61. The molecule has 1 aliphatic heterocycles. The molecule has 0 radical (unpaired) electrons. The molecule has 1 aliphatic rings. The van der Waals surface area contributed by atoms with Gasteiger partial charge in [-0.25, -0.2) is 13.8 Å². The number of rotatable bonds is 4. The van der Waals surface area contributed by atoms with Crippen molar-refractivity contribution < 1.29 is 23.5 Å². The molecule has 2 heterocycles. The molecule has 1 N–H and O–H groups in total. The topological polar surface area (TPSA) is 70.5 Å². The van der Waals surface area contributed by atoms with Crippen LogP contribution in [0.4, 0.5) is 13.9 Å². The summed E-state index contributed by atoms with van der Waals surface area (Å²) in [7, 11) is 0. The summed E-state index contributed by atoms with van der Waals surface area (Å²) in [6.45, 7) is 4.10. The summed E-state index contributed by atoms with van der Waals surface area (Å²) in [6.07, 6.45) is 0. The molecule has 1 amide bonds. The van der Waals surface area contributed by atoms with Gasteiger partial charge in [0.05, 0.1) is 21.8 Å². The molecule has 1 fully saturated rings. The van der Waals surface area contributed by atoms with E-state index in [0.717, 1.165) is 16.9 Å². The minimum atomic E-state index is -0.966. The second kappa shape index (κ2) is 8.70. The number of nitrogens with zero attached hydrogens (tertiary/aromatic N) is 2. The summed E-state index contributed by atoms with van der Waals surface area (Å²) in [6, 6.07) is 15.6. The SMILES string of the molecule is CC(C)c1ccc([C@H]2/C(=C(\O)c3ccc(F)cc3)C(=O)C(=O)N2c2nc3ccc(F)cc3s2)cc1. The van der Waals surface area contributed by atoms with Gasteiger partial charge < -0.3 is 5.11 Å². The highest BCUT2D eigenvalue weighted by atomic mass is 32.1. The number of halogens is 2. The Balaban J connectivity index is 1.71. The van der Waals surface area contributed by atoms with Gasteiger partial charge in [0.25, 0.3) is 5.78 Å². The highest BCUT2D eigenvalue weighted by Crippen LogP contribution is 2.44. The summed E-state index contributed by atoms with van der Waals surface area (Å²) in [5, 5.41) is 11.3. The number of fused-ring (bicyclic) bond motifs is 1. The summed E-state index contributed by atoms with van der Waals surface area (Å²) < 4.78 is 27.8. The Morgan fingerprint density at radius 2 is 1.63 bits per heavy atom. The number of anilines is 1. The molecule has 0 spiro atoms. The van der Waals surface area contributed by atoms with Crippen molar-refractivity contribution in [1.82, 2.24) is 4.98 Å². The molecule has 35 heavy (non-hydrogen) atoms. The minimum Gasteiger partial charge on any atom is -0.507 e. The predicted octanol–water partition coefficient (Wildman–Crippen LogP) is 6.32. The van der Waals surface area contributed by atoms with Crippen LogP contribution in [0.2, 0.25) is 0 Å². The molecule has 1 atom stereocenters. The molecule has 5 nitrogen and oxygen atoms in total. The lowest BCUT2D eigenvalue weighted by molar-refractivity contribution is -0.132. The fraction of sp³-hybridized carbons (Fsp3) is 0.148. The van der Waals surface area contributed by atoms with Crippen molar-refractivity contribution in [3.63, 3.8) is 0 Å². The zero-order valence-corrected chi connectivity index (χ0v) is 19.6. The molecule has 1 aromatic heterocycles. The lowest BCUT2D eigenvalue weighted by Crippen LogP contribution is -2.29. The largest absolute Gasteiger partial charge is 0.507 e. The number of carbonyl (C=O) groups excluding carboxylic acids is 2. The summed E-state index contributed by atoms with van der Waals surface area (Å²) in [4.78, 5) is 32.2. The zero-order chi connectivity index (χ0) is 24.9. The first-order valence-electron chi connectivity index (χ1n) is 11.0. The number of aliphatic hydroxyl groups excluding tert-OH is 1. The molecule has 0 unspecified atom stereocenters. The van der Waals surface area contributed by atoms with Crippen molar-refractivity contribution in [2.45, 2.75) is 25.8 Å². The first kappa shape index (κ1) is 22.9. The van der Waals surface area contributed by atoms with E-state index < -0.39 is 35.1 Å². The average molecular weight is 491 g/mol. The molecule has 0 bridgehead atoms. The van der Waals surface area contributed by atoms with Crippen LogP contribution in [-0.2, 0) is 9.59 Å². The van der Waals surface area contributed by atoms with Gasteiger partial charge >= 0.3 is 5.91 Å². The van der Waals surface area contributed by atoms with E-state index in [1.165, 1.54) is 47.4 Å². The van der Waals surface area contributed by atoms with E-state index in [4.69, 9.17) is 0 Å². The fourth-order valence-electron chi connectivity index (χ4n) is 4.16. The van der Waals surface area contributed by atoms with E-state index in [1.807, 2.05) is 24.3 Å². The molecular formula is C27H20F2N2O3S. The van der Waals surface area contributed by atoms with E-state index >= 15 is 0 Å². The van der Waals surface area contributed by atoms with Crippen molar-refractivity contribution in [3.05, 3.63) is 101 Å². The first-order chi connectivity index (χ1) is 16.7. The summed E-state index contributed by atoms with van der Waals surface area (Å²) >= 11 is 1.08. The third-order valence-corrected chi connectivity index (χ3v) is 7.04. The molecule has 1 saturated heterocycles. The van der Waals surface area contributed by atoms with Crippen LogP contribution in [0.1, 0.15) is 42.5 Å². The normalized spacial score (nSPS) is 17.6. The Hall–Kier alpha value is -3.91. The van der Waals surface area contributed by atoms with Crippen molar-refractivity contribution >= 4 is 44.1 Å². The third kappa shape index (κ3) is 4.00. The highest BCUT2D eigenvalue weighted by Gasteiger charge is 2.48. The van der Waals surface area contributed by atoms with Crippen LogP contribution >= 0.6 is 11.3 Å². The molecule has 8 heteroatoms. The highest BCUT2D eigenvalue weighted by molar-refractivity contribution is 7.22. The van der Waals surface area contributed by atoms with E-state index in [2.05, 4.69) is 18.8 Å². The van der Waals surface area contributed by atoms with Gasteiger partial charge in [-0.2, -0.15) is 0 Å². The lowest BCUT2D eigenvalue weighted by atomic mass is 9.93. The smallest absolute Gasteiger partial charge is 0.301 e. The number of aromatic nitrogens is 1. The average Bonchev–Trinajstić information content (AvgIpc) is 3.37. The van der Waals surface area contributed by atoms with Crippen molar-refractivity contribution in [3.8, 4) is 0 Å². The van der Waals surface area contributed by atoms with Crippen LogP contribution in [0.5, 0.6) is 0 Å². The van der Waals surface area contributed by atoms with Crippen LogP contribution in [0.3, 0.4) is 0 Å². The maximum absolute atomic E-state index is 13.8. The Labute approximate surface area is 204 Å². The van der Waals surface area contributed by atoms with Gasteiger partial charge in [-0.1, -0.05) is 49.4 Å². The maximum Gasteiger partial charge on any atom is 0.301 e. The Morgan fingerprint density at radius 3 is 2.29 bits per heavy atom. The standard InChI is InChI=1S/C27H20F2N2O3S/c1-14(2)15-3-5-16(6-4-15)23-22(24(32)17-7-9-18(28)10-8-17)25(33)26(34)31(23)27-30-20-12-11-19(29)13-21(20)35-27/h3-14,23,32H,1-2H3/b24-22+/t23-/m0/s1. The van der Waals surface area contributed by atoms with Crippen LogP contribution in [0, 0.1) is 11.6 Å². The number of benzene rings is 3. The molecular weight excluding hydrogens is 470 g/mol. The van der Waals surface area contributed by atoms with E-state index in [0.29, 0.717) is 15.8 Å². The van der Waals surface area contributed by atoms with Gasteiger partial charge in [0.15, 0.2) is 5.13 Å². The predicted molar refractivity (Wildman–Crippen MR) is 131 cm³/mol. The quantitative estimate of drug-likeness (QED) is 0.206. The van der Waals surface area contributed by atoms with Crippen molar-refractivity contribution in [1.29, 1.82) is 0 Å². The number of thiazole rings is 1. The van der Waals surface area contributed by atoms with Gasteiger partial charge in [-0.05, 0) is 59.5 Å². The Kier molecular flexibility index (Phi) is 5.68. The van der Waals surface area contributed by atoms with Crippen LogP contribution in [0.25, 0.3) is 16.0 Å². The Morgan fingerprint density at radius 1 is 0.971 bits per heavy atom. The van der Waals surface area contributed by atoms with Crippen LogP contribution in [-0.4, -0.2) is 21.8 Å². The maximum atomic E-state index is 13.8. The number of aliphatic hydroxyl groups is 1. The third-order valence-electron chi connectivity index (χ3n) is 6.03. The van der Waals surface area contributed by atoms with E-state index in [9.17, 15) is 23.5 Å². The van der Waals surface area contributed by atoms with Crippen molar-refractivity contribution in [2.75, 3.05) is 4.90 Å². The van der Waals surface area contributed by atoms with Crippen LogP contribution in [0.15, 0.2) is 72.3 Å². The molecule has 0 saturated carbocycles. The number of hydrogen-bond donors (Lipinski definition) is 1. The monoisotopic (exact) mass is 490 g/mol. The minimum absolute atomic E-state index is 0.121. The van der Waals surface area contributed by atoms with Gasteiger partial charge in [0, 0.05) is 5.56 Å². The number of ketones is 1. The fourth-order valence-corrected chi connectivity index (χ4v) is 5.18. The number of Topliss-reactive ketones (excluding diaryl/α,β-unsaturated/α-hetero) is 1. The van der Waals surface area contributed by atoms with Crippen molar-refractivity contribution in [2.24, 2.45) is 0 Å². The molecule has 0 aliphatic carbocycles. The molecule has 4 aromatic rings. The number of amides is 1. The van der Waals surface area contributed by atoms with Gasteiger partial charge in [-0.3, -0.25) is 14.5 Å². The second-order valence-corrected chi connectivity index (χ2v) is 9.61. The van der Waals surface area contributed by atoms with Gasteiger partial charge in [0.1, 0.15) is 17.4 Å².